The van der Waals surface area contributed by atoms with E-state index >= 15 is 0 Å². The van der Waals surface area contributed by atoms with Gasteiger partial charge in [-0.05, 0) is 109 Å². The summed E-state index contributed by atoms with van der Waals surface area (Å²) in [5.74, 6) is 0. The Balaban J connectivity index is 0.970. The summed E-state index contributed by atoms with van der Waals surface area (Å²) in [6.07, 6.45) is 2.73. The summed E-state index contributed by atoms with van der Waals surface area (Å²) >= 11 is 1.80. The molecule has 4 nitrogen and oxygen atoms in total. The van der Waals surface area contributed by atoms with Gasteiger partial charge in [0.2, 0.25) is 0 Å². The summed E-state index contributed by atoms with van der Waals surface area (Å²) in [5, 5.41) is 8.53. The van der Waals surface area contributed by atoms with Crippen LogP contribution in [0.15, 0.2) is 168 Å². The Hall–Kier alpha value is -6.69. The van der Waals surface area contributed by atoms with E-state index < -0.39 is 0 Å². The number of hydrogen-bond acceptors (Lipinski definition) is 3. The number of hydrogen-bond donors (Lipinski definition) is 0. The van der Waals surface area contributed by atoms with Crippen LogP contribution in [0.3, 0.4) is 0 Å². The van der Waals surface area contributed by atoms with Crippen molar-refractivity contribution in [2.75, 3.05) is 0 Å². The monoisotopic (exact) mass is 695 g/mol. The fraction of sp³-hybridized carbons (Fsp3) is 0.0208. The largest absolute Gasteiger partial charge is 0.456 e. The maximum absolute atomic E-state index is 6.16. The predicted octanol–water partition coefficient (Wildman–Crippen LogP) is 13.1. The Morgan fingerprint density at radius 3 is 1.74 bits per heavy atom. The van der Waals surface area contributed by atoms with Crippen LogP contribution in [-0.4, -0.2) is 14.1 Å². The molecule has 5 aromatic heterocycles. The highest BCUT2D eigenvalue weighted by atomic mass is 32.1. The number of nitrogens with zero attached hydrogens (tertiary/aromatic N) is 3. The molecule has 248 valence electrons. The Morgan fingerprint density at radius 2 is 1.02 bits per heavy atom. The predicted molar refractivity (Wildman–Crippen MR) is 222 cm³/mol. The molecule has 0 saturated carbocycles. The Kier molecular flexibility index (Phi) is 5.96. The van der Waals surface area contributed by atoms with E-state index in [0.717, 1.165) is 45.3 Å². The molecule has 12 aromatic rings. The van der Waals surface area contributed by atoms with E-state index in [1.807, 2.05) is 24.4 Å². The van der Waals surface area contributed by atoms with Gasteiger partial charge in [-0.3, -0.25) is 4.98 Å². The second-order valence-electron chi connectivity index (χ2n) is 14.0. The quantitative estimate of drug-likeness (QED) is 0.184. The van der Waals surface area contributed by atoms with Gasteiger partial charge in [0.25, 0.3) is 0 Å². The average molecular weight is 696 g/mol. The molecule has 0 radical (unpaired) electrons. The molecule has 0 unspecified atom stereocenters. The van der Waals surface area contributed by atoms with Gasteiger partial charge in [-0.1, -0.05) is 66.7 Å². The summed E-state index contributed by atoms with van der Waals surface area (Å²) in [6.45, 7) is 0. The molecular weight excluding hydrogens is 667 g/mol. The van der Waals surface area contributed by atoms with Crippen molar-refractivity contribution in [3.05, 3.63) is 175 Å². The number of rotatable bonds is 4. The van der Waals surface area contributed by atoms with Crippen LogP contribution in [0.2, 0.25) is 0 Å². The summed E-state index contributed by atoms with van der Waals surface area (Å²) in [4.78, 5) is 4.74. The topological polar surface area (TPSA) is 35.9 Å². The van der Waals surface area contributed by atoms with Crippen LogP contribution in [0.4, 0.5) is 0 Å². The zero-order valence-electron chi connectivity index (χ0n) is 28.5. The van der Waals surface area contributed by atoms with Gasteiger partial charge in [-0.15, -0.1) is 11.3 Å². The number of fused-ring (bicyclic) bond motifs is 12. The van der Waals surface area contributed by atoms with E-state index in [1.165, 1.54) is 69.5 Å². The van der Waals surface area contributed by atoms with E-state index in [1.54, 1.807) is 11.3 Å². The molecule has 0 aliphatic heterocycles. The number of para-hydroxylation sites is 3. The van der Waals surface area contributed by atoms with Crippen molar-refractivity contribution in [3.63, 3.8) is 0 Å². The number of thiophene rings is 1. The third kappa shape index (κ3) is 4.26. The average Bonchev–Trinajstić information content (AvgIpc) is 3.95. The van der Waals surface area contributed by atoms with E-state index in [0.29, 0.717) is 0 Å². The zero-order valence-corrected chi connectivity index (χ0v) is 29.3. The minimum atomic E-state index is 0.844. The van der Waals surface area contributed by atoms with Gasteiger partial charge in [-0.25, -0.2) is 0 Å². The van der Waals surface area contributed by atoms with Crippen LogP contribution in [0.5, 0.6) is 0 Å². The summed E-state index contributed by atoms with van der Waals surface area (Å²) in [5.41, 5.74) is 12.6. The second-order valence-corrected chi connectivity index (χ2v) is 15.1. The number of benzene rings is 7. The molecule has 7 aromatic carbocycles. The molecule has 0 atom stereocenters. The molecule has 0 fully saturated rings. The molecule has 0 aliphatic carbocycles. The van der Waals surface area contributed by atoms with Crippen LogP contribution in [0.25, 0.3) is 97.2 Å². The van der Waals surface area contributed by atoms with Gasteiger partial charge in [0.15, 0.2) is 0 Å². The Bertz CT molecular complexity index is 3220. The molecule has 0 amide bonds. The maximum atomic E-state index is 6.16. The maximum Gasteiger partial charge on any atom is 0.135 e. The highest BCUT2D eigenvalue weighted by Crippen LogP contribution is 2.39. The van der Waals surface area contributed by atoms with Crippen molar-refractivity contribution in [3.8, 4) is 11.4 Å². The van der Waals surface area contributed by atoms with Crippen LogP contribution in [0, 0.1) is 0 Å². The van der Waals surface area contributed by atoms with Crippen LogP contribution in [-0.2, 0) is 6.42 Å². The fourth-order valence-corrected chi connectivity index (χ4v) is 9.67. The van der Waals surface area contributed by atoms with Crippen molar-refractivity contribution in [1.82, 2.24) is 14.1 Å². The van der Waals surface area contributed by atoms with Gasteiger partial charge in [-0.2, -0.15) is 0 Å². The lowest BCUT2D eigenvalue weighted by Gasteiger charge is -2.10. The van der Waals surface area contributed by atoms with Gasteiger partial charge in [0.05, 0.1) is 32.3 Å². The van der Waals surface area contributed by atoms with Gasteiger partial charge in [0, 0.05) is 60.0 Å². The van der Waals surface area contributed by atoms with Crippen LogP contribution in [0.1, 0.15) is 11.1 Å². The summed E-state index contributed by atoms with van der Waals surface area (Å²) < 4.78 is 13.4. The summed E-state index contributed by atoms with van der Waals surface area (Å²) in [6, 6.07) is 57.3. The Morgan fingerprint density at radius 1 is 0.434 bits per heavy atom. The second kappa shape index (κ2) is 10.9. The van der Waals surface area contributed by atoms with E-state index in [2.05, 4.69) is 149 Å². The zero-order chi connectivity index (χ0) is 34.6. The lowest BCUT2D eigenvalue weighted by atomic mass is 10.0. The molecule has 5 heteroatoms. The smallest absolute Gasteiger partial charge is 0.135 e. The standard InChI is InChI=1S/C48H29N3OS/c1-4-11-40-33(8-1)36-25-29(15-19-42(36)50(40)31-17-21-45-38(27-31)35-10-3-6-13-44(35)52-45)24-30-16-20-43-37(26-30)34-9-2-5-12-41(34)51(43)32-18-22-46-39(28-32)48-47(53-46)14-7-23-49-48/h1-23,25-28H,24H2. The molecule has 0 spiro atoms. The molecule has 0 bridgehead atoms. The number of aromatic nitrogens is 3. The van der Waals surface area contributed by atoms with Gasteiger partial charge in [0.1, 0.15) is 11.2 Å². The summed E-state index contributed by atoms with van der Waals surface area (Å²) in [7, 11) is 0. The first kappa shape index (κ1) is 28.9. The first-order valence-electron chi connectivity index (χ1n) is 18.0. The van der Waals surface area contributed by atoms with E-state index in [-0.39, 0.29) is 0 Å². The lowest BCUT2D eigenvalue weighted by Crippen LogP contribution is -1.95. The third-order valence-corrected chi connectivity index (χ3v) is 12.1. The van der Waals surface area contributed by atoms with Crippen molar-refractivity contribution >= 4 is 97.2 Å². The van der Waals surface area contributed by atoms with Crippen molar-refractivity contribution in [2.24, 2.45) is 0 Å². The van der Waals surface area contributed by atoms with Crippen molar-refractivity contribution < 1.29 is 4.42 Å². The highest BCUT2D eigenvalue weighted by molar-refractivity contribution is 7.25. The SMILES string of the molecule is c1ccc2c(c1)oc1ccc(-n3c4ccccc4c4cc(Cc5ccc6c(c5)c5ccccc5n6-c5ccc6sc7cccnc7c6c5)ccc43)cc12. The molecule has 0 saturated heterocycles. The van der Waals surface area contributed by atoms with Crippen LogP contribution >= 0.6 is 11.3 Å². The normalized spacial score (nSPS) is 12.2. The molecular formula is C48H29N3OS. The van der Waals surface area contributed by atoms with Crippen LogP contribution < -0.4 is 0 Å². The molecule has 5 heterocycles. The van der Waals surface area contributed by atoms with Crippen molar-refractivity contribution in [2.45, 2.75) is 6.42 Å². The fourth-order valence-electron chi connectivity index (χ4n) is 8.63. The molecule has 12 rings (SSSR count). The van der Waals surface area contributed by atoms with E-state index in [9.17, 15) is 0 Å². The minimum Gasteiger partial charge on any atom is -0.456 e. The lowest BCUT2D eigenvalue weighted by molar-refractivity contribution is 0.669. The van der Waals surface area contributed by atoms with E-state index in [4.69, 9.17) is 9.40 Å². The molecule has 0 N–H and O–H groups in total. The number of furan rings is 1. The van der Waals surface area contributed by atoms with Crippen molar-refractivity contribution in [1.29, 1.82) is 0 Å². The first-order chi connectivity index (χ1) is 26.2. The van der Waals surface area contributed by atoms with Gasteiger partial charge >= 0.3 is 0 Å². The minimum absolute atomic E-state index is 0.844. The Labute approximate surface area is 307 Å². The first-order valence-corrected chi connectivity index (χ1v) is 18.8. The van der Waals surface area contributed by atoms with Gasteiger partial charge < -0.3 is 13.6 Å². The highest BCUT2D eigenvalue weighted by Gasteiger charge is 2.17. The number of pyridine rings is 1. The molecule has 0 aliphatic rings. The third-order valence-electron chi connectivity index (χ3n) is 11.0. The molecule has 53 heavy (non-hydrogen) atoms.